The molecule has 1 aromatic carbocycles. The third-order valence-electron chi connectivity index (χ3n) is 9.84. The first-order valence-electron chi connectivity index (χ1n) is 13.7. The number of aryl methyl sites for hydroxylation is 1. The largest absolute Gasteiger partial charge is 0.504 e. The molecule has 4 aliphatic rings. The molecule has 0 amide bonds. The van der Waals surface area contributed by atoms with Crippen LogP contribution in [0, 0.1) is 35.5 Å². The van der Waals surface area contributed by atoms with Crippen molar-refractivity contribution in [3.05, 3.63) is 23.8 Å². The zero-order chi connectivity index (χ0) is 24.5. The maximum atomic E-state index is 13.0. The molecular formula is C29H41NO5. The van der Waals surface area contributed by atoms with Gasteiger partial charge in [-0.05, 0) is 105 Å². The number of ketones is 2. The van der Waals surface area contributed by atoms with E-state index in [0.717, 1.165) is 56.6 Å². The number of ether oxygens (including phenoxy) is 1. The number of rotatable bonds is 6. The van der Waals surface area contributed by atoms with Gasteiger partial charge in [0.1, 0.15) is 11.6 Å². The van der Waals surface area contributed by atoms with Gasteiger partial charge in [0.05, 0.1) is 13.2 Å². The summed E-state index contributed by atoms with van der Waals surface area (Å²) in [6, 6.07) is 5.60. The Morgan fingerprint density at radius 2 is 1.86 bits per heavy atom. The second kappa shape index (κ2) is 10.6. The van der Waals surface area contributed by atoms with Crippen LogP contribution in [0.15, 0.2) is 18.2 Å². The molecule has 8 atom stereocenters. The molecule has 3 aliphatic carbocycles. The maximum Gasteiger partial charge on any atom is 0.160 e. The van der Waals surface area contributed by atoms with Gasteiger partial charge in [-0.1, -0.05) is 6.07 Å². The van der Waals surface area contributed by atoms with E-state index in [1.165, 1.54) is 26.4 Å². The molecular weight excluding hydrogens is 442 g/mol. The summed E-state index contributed by atoms with van der Waals surface area (Å²) < 4.78 is 5.17. The van der Waals surface area contributed by atoms with E-state index in [4.69, 9.17) is 4.74 Å². The molecule has 6 nitrogen and oxygen atoms in total. The van der Waals surface area contributed by atoms with Gasteiger partial charge >= 0.3 is 0 Å². The minimum absolute atomic E-state index is 0.100. The molecule has 3 saturated carbocycles. The van der Waals surface area contributed by atoms with E-state index >= 15 is 0 Å². The van der Waals surface area contributed by atoms with E-state index in [-0.39, 0.29) is 17.5 Å². The van der Waals surface area contributed by atoms with Gasteiger partial charge in [-0.15, -0.1) is 0 Å². The number of phenols is 1. The predicted octanol–water partition coefficient (Wildman–Crippen LogP) is 4.05. The Morgan fingerprint density at radius 1 is 1.06 bits per heavy atom. The molecule has 0 radical (unpaired) electrons. The van der Waals surface area contributed by atoms with Crippen LogP contribution in [0.1, 0.15) is 69.8 Å². The Kier molecular flexibility index (Phi) is 7.50. The normalized spacial score (nSPS) is 37.3. The zero-order valence-electron chi connectivity index (χ0n) is 21.0. The van der Waals surface area contributed by atoms with Crippen molar-refractivity contribution >= 4 is 11.6 Å². The minimum Gasteiger partial charge on any atom is -0.504 e. The Labute approximate surface area is 208 Å². The van der Waals surface area contributed by atoms with Crippen LogP contribution >= 0.6 is 0 Å². The average molecular weight is 484 g/mol. The molecule has 3 N–H and O–H groups in total. The van der Waals surface area contributed by atoms with E-state index in [1.54, 1.807) is 12.1 Å². The highest BCUT2D eigenvalue weighted by Gasteiger charge is 2.46. The standard InChI is InChI=1S/C29H41NO5/c1-35-29-12-17(3-11-27(29)33)2-10-26(32)24-8-5-19(14-28(24)34)18-4-7-22-20(13-18)16-30-25-15-21(31)6-9-23(22)25/h3,11-12,18-20,22-25,28,30,33-34H,2,4-10,13-16H2,1H3/t18-,19+,20-,22-,23+,24-,25+,28+/m0/s1. The highest BCUT2D eigenvalue weighted by atomic mass is 16.5. The second-order valence-electron chi connectivity index (χ2n) is 11.7. The Bertz CT molecular complexity index is 932. The molecule has 6 heteroatoms. The first-order valence-corrected chi connectivity index (χ1v) is 13.7. The molecule has 192 valence electrons. The number of fused-ring (bicyclic) bond motifs is 3. The lowest BCUT2D eigenvalue weighted by molar-refractivity contribution is -0.129. The van der Waals surface area contributed by atoms with Crippen LogP contribution < -0.4 is 10.1 Å². The third kappa shape index (κ3) is 5.29. The fourth-order valence-electron chi connectivity index (χ4n) is 7.93. The number of nitrogens with one attached hydrogen (secondary N) is 1. The van der Waals surface area contributed by atoms with E-state index in [9.17, 15) is 19.8 Å². The molecule has 0 spiro atoms. The number of phenolic OH excluding ortho intramolecular Hbond substituents is 1. The molecule has 35 heavy (non-hydrogen) atoms. The molecule has 1 aromatic rings. The molecule has 4 fully saturated rings. The van der Waals surface area contributed by atoms with Gasteiger partial charge in [-0.25, -0.2) is 0 Å². The summed E-state index contributed by atoms with van der Waals surface area (Å²) in [5.74, 6) is 4.13. The van der Waals surface area contributed by atoms with Gasteiger partial charge < -0.3 is 20.3 Å². The Morgan fingerprint density at radius 3 is 2.66 bits per heavy atom. The average Bonchev–Trinajstić information content (AvgIpc) is 2.87. The number of Topliss-reactive ketones (excluding diaryl/α,β-unsaturated/α-hetero) is 2. The third-order valence-corrected chi connectivity index (χ3v) is 9.84. The topological polar surface area (TPSA) is 95.9 Å². The van der Waals surface area contributed by atoms with Crippen molar-refractivity contribution in [3.8, 4) is 11.5 Å². The number of aromatic hydroxyl groups is 1. The van der Waals surface area contributed by atoms with Crippen molar-refractivity contribution in [1.82, 2.24) is 5.32 Å². The quantitative estimate of drug-likeness (QED) is 0.565. The van der Waals surface area contributed by atoms with Crippen molar-refractivity contribution in [3.63, 3.8) is 0 Å². The van der Waals surface area contributed by atoms with Crippen molar-refractivity contribution in [1.29, 1.82) is 0 Å². The molecule has 1 saturated heterocycles. The first kappa shape index (κ1) is 24.8. The number of methoxy groups -OCH3 is 1. The van der Waals surface area contributed by atoms with Gasteiger partial charge in [0.2, 0.25) is 0 Å². The summed E-state index contributed by atoms with van der Waals surface area (Å²) in [5, 5.41) is 24.4. The summed E-state index contributed by atoms with van der Waals surface area (Å²) in [6.45, 7) is 1.04. The molecule has 0 unspecified atom stereocenters. The molecule has 0 bridgehead atoms. The number of aliphatic hydroxyl groups excluding tert-OH is 1. The fourth-order valence-corrected chi connectivity index (χ4v) is 7.93. The van der Waals surface area contributed by atoms with E-state index < -0.39 is 6.10 Å². The molecule has 1 heterocycles. The van der Waals surface area contributed by atoms with Crippen molar-refractivity contribution in [2.75, 3.05) is 13.7 Å². The Hall–Kier alpha value is -1.92. The van der Waals surface area contributed by atoms with Crippen LogP contribution in [0.5, 0.6) is 11.5 Å². The fraction of sp³-hybridized carbons (Fsp3) is 0.724. The van der Waals surface area contributed by atoms with Gasteiger partial charge in [-0.2, -0.15) is 0 Å². The number of carbonyl (C=O) groups is 2. The lowest BCUT2D eigenvalue weighted by Gasteiger charge is -2.51. The summed E-state index contributed by atoms with van der Waals surface area (Å²) in [7, 11) is 1.52. The smallest absolute Gasteiger partial charge is 0.160 e. The van der Waals surface area contributed by atoms with E-state index in [0.29, 0.717) is 54.1 Å². The van der Waals surface area contributed by atoms with Crippen LogP contribution in [0.2, 0.25) is 0 Å². The maximum absolute atomic E-state index is 13.0. The monoisotopic (exact) mass is 483 g/mol. The van der Waals surface area contributed by atoms with Crippen LogP contribution in [-0.4, -0.2) is 47.6 Å². The predicted molar refractivity (Wildman–Crippen MR) is 133 cm³/mol. The summed E-state index contributed by atoms with van der Waals surface area (Å²) in [4.78, 5) is 24.8. The van der Waals surface area contributed by atoms with Crippen molar-refractivity contribution in [2.45, 2.75) is 82.8 Å². The molecule has 5 rings (SSSR count). The second-order valence-corrected chi connectivity index (χ2v) is 11.7. The van der Waals surface area contributed by atoms with Gasteiger partial charge in [0.25, 0.3) is 0 Å². The summed E-state index contributed by atoms with van der Waals surface area (Å²) in [6.07, 6.45) is 9.31. The van der Waals surface area contributed by atoms with Crippen LogP contribution in [0.3, 0.4) is 0 Å². The van der Waals surface area contributed by atoms with E-state index in [1.807, 2.05) is 6.07 Å². The number of hydrogen-bond acceptors (Lipinski definition) is 6. The molecule has 1 aliphatic heterocycles. The van der Waals surface area contributed by atoms with Crippen molar-refractivity contribution < 1.29 is 24.5 Å². The Balaban J connectivity index is 1.11. The first-order chi connectivity index (χ1) is 16.9. The van der Waals surface area contributed by atoms with Gasteiger partial charge in [0.15, 0.2) is 11.5 Å². The SMILES string of the molecule is COc1cc(CCC(=O)[C@@H]2CC[C@@H]([C@H]3CC[C@H]4[C@H](CN[C@@H]5CC(=O)CC[C@H]45)C3)C[C@H]2O)ccc1O. The van der Waals surface area contributed by atoms with Crippen LogP contribution in [0.25, 0.3) is 0 Å². The zero-order valence-corrected chi connectivity index (χ0v) is 21.0. The number of aliphatic hydroxyl groups is 1. The highest BCUT2D eigenvalue weighted by molar-refractivity contribution is 5.82. The number of piperidine rings is 1. The summed E-state index contributed by atoms with van der Waals surface area (Å²) >= 11 is 0. The van der Waals surface area contributed by atoms with Crippen molar-refractivity contribution in [2.24, 2.45) is 35.5 Å². The number of hydrogen-bond donors (Lipinski definition) is 3. The van der Waals surface area contributed by atoms with Gasteiger partial charge in [0, 0.05) is 31.2 Å². The highest BCUT2D eigenvalue weighted by Crippen LogP contribution is 2.49. The van der Waals surface area contributed by atoms with Crippen LogP contribution in [-0.2, 0) is 16.0 Å². The number of carbonyl (C=O) groups excluding carboxylic acids is 2. The molecule has 0 aromatic heterocycles. The van der Waals surface area contributed by atoms with Gasteiger partial charge in [-0.3, -0.25) is 9.59 Å². The number of benzene rings is 1. The van der Waals surface area contributed by atoms with Crippen LogP contribution in [0.4, 0.5) is 0 Å². The summed E-state index contributed by atoms with van der Waals surface area (Å²) in [5.41, 5.74) is 0.957. The lowest BCUT2D eigenvalue weighted by Crippen LogP contribution is -2.55. The lowest BCUT2D eigenvalue weighted by atomic mass is 9.58. The van der Waals surface area contributed by atoms with E-state index in [2.05, 4.69) is 5.32 Å². The minimum atomic E-state index is -0.536.